The second-order valence-corrected chi connectivity index (χ2v) is 5.97. The molecule has 1 aliphatic carbocycles. The van der Waals surface area contributed by atoms with Crippen molar-refractivity contribution >= 4 is 17.9 Å². The van der Waals surface area contributed by atoms with Gasteiger partial charge in [0.2, 0.25) is 5.91 Å². The van der Waals surface area contributed by atoms with Crippen LogP contribution in [0.1, 0.15) is 38.5 Å². The Morgan fingerprint density at radius 3 is 2.43 bits per heavy atom. The lowest BCUT2D eigenvalue weighted by molar-refractivity contribution is -0.145. The quantitative estimate of drug-likeness (QED) is 0.783. The number of nitrogens with one attached hydrogen (secondary N) is 1. The molecule has 1 saturated heterocycles. The van der Waals surface area contributed by atoms with Gasteiger partial charge in [0.1, 0.15) is 12.1 Å². The molecule has 0 radical (unpaired) electrons. The van der Waals surface area contributed by atoms with Gasteiger partial charge in [-0.2, -0.15) is 0 Å². The summed E-state index contributed by atoms with van der Waals surface area (Å²) in [6.45, 7) is 1.10. The molecule has 3 amide bonds. The Morgan fingerprint density at radius 2 is 1.81 bits per heavy atom. The molecule has 118 valence electrons. The van der Waals surface area contributed by atoms with Crippen LogP contribution in [0.15, 0.2) is 0 Å². The molecule has 0 bridgehead atoms. The predicted molar refractivity (Wildman–Crippen MR) is 75.8 cm³/mol. The highest BCUT2D eigenvalue weighted by Crippen LogP contribution is 2.28. The van der Waals surface area contributed by atoms with Crippen LogP contribution in [0.25, 0.3) is 0 Å². The first kappa shape index (κ1) is 15.6. The van der Waals surface area contributed by atoms with Crippen LogP contribution >= 0.6 is 0 Å². The van der Waals surface area contributed by atoms with Crippen molar-refractivity contribution in [2.75, 3.05) is 26.7 Å². The van der Waals surface area contributed by atoms with Crippen molar-refractivity contribution in [3.8, 4) is 0 Å². The second-order valence-electron chi connectivity index (χ2n) is 5.97. The number of amides is 3. The minimum Gasteiger partial charge on any atom is -0.480 e. The van der Waals surface area contributed by atoms with E-state index in [4.69, 9.17) is 0 Å². The molecule has 2 fully saturated rings. The van der Waals surface area contributed by atoms with Gasteiger partial charge in [0.25, 0.3) is 0 Å². The SMILES string of the molecule is CN1CCCN(C(=O)NC2(C(=O)O)CCCCC2)CC1=O. The largest absolute Gasteiger partial charge is 0.480 e. The fourth-order valence-electron chi connectivity index (χ4n) is 2.99. The highest BCUT2D eigenvalue weighted by atomic mass is 16.4. The molecule has 1 aliphatic heterocycles. The molecular weight excluding hydrogens is 274 g/mol. The minimum atomic E-state index is -1.17. The zero-order valence-corrected chi connectivity index (χ0v) is 12.4. The number of rotatable bonds is 2. The van der Waals surface area contributed by atoms with Crippen LogP contribution in [-0.4, -0.2) is 65.0 Å². The first-order valence-electron chi connectivity index (χ1n) is 7.49. The third kappa shape index (κ3) is 3.46. The van der Waals surface area contributed by atoms with Crippen LogP contribution in [0.4, 0.5) is 4.79 Å². The normalized spacial score (nSPS) is 22.6. The molecule has 0 aromatic heterocycles. The summed E-state index contributed by atoms with van der Waals surface area (Å²) < 4.78 is 0. The number of hydrogen-bond donors (Lipinski definition) is 2. The van der Waals surface area contributed by atoms with E-state index in [0.717, 1.165) is 19.3 Å². The Balaban J connectivity index is 2.04. The van der Waals surface area contributed by atoms with E-state index >= 15 is 0 Å². The van der Waals surface area contributed by atoms with Crippen LogP contribution in [-0.2, 0) is 9.59 Å². The fraction of sp³-hybridized carbons (Fsp3) is 0.786. The molecule has 0 aromatic rings. The predicted octanol–water partition coefficient (Wildman–Crippen LogP) is 0.648. The fourth-order valence-corrected chi connectivity index (χ4v) is 2.99. The summed E-state index contributed by atoms with van der Waals surface area (Å²) in [6, 6.07) is -0.442. The Bertz CT molecular complexity index is 432. The number of hydrogen-bond acceptors (Lipinski definition) is 3. The van der Waals surface area contributed by atoms with Gasteiger partial charge in [-0.1, -0.05) is 19.3 Å². The van der Waals surface area contributed by atoms with Crippen molar-refractivity contribution in [1.82, 2.24) is 15.1 Å². The third-order valence-corrected chi connectivity index (χ3v) is 4.42. The number of carbonyl (C=O) groups is 3. The van der Waals surface area contributed by atoms with E-state index in [9.17, 15) is 19.5 Å². The summed E-state index contributed by atoms with van der Waals surface area (Å²) >= 11 is 0. The molecular formula is C14H23N3O4. The van der Waals surface area contributed by atoms with Gasteiger partial charge in [-0.25, -0.2) is 9.59 Å². The van der Waals surface area contributed by atoms with Gasteiger partial charge in [0, 0.05) is 20.1 Å². The van der Waals surface area contributed by atoms with Gasteiger partial charge in [-0.3, -0.25) is 4.79 Å². The lowest BCUT2D eigenvalue weighted by Crippen LogP contribution is -2.59. The molecule has 0 atom stereocenters. The van der Waals surface area contributed by atoms with Crippen molar-refractivity contribution in [3.63, 3.8) is 0 Å². The molecule has 2 aliphatic rings. The molecule has 1 saturated carbocycles. The Morgan fingerprint density at radius 1 is 1.14 bits per heavy atom. The Labute approximate surface area is 124 Å². The van der Waals surface area contributed by atoms with Crippen LogP contribution in [0.3, 0.4) is 0 Å². The van der Waals surface area contributed by atoms with Gasteiger partial charge in [-0.15, -0.1) is 0 Å². The molecule has 1 heterocycles. The van der Waals surface area contributed by atoms with E-state index in [-0.39, 0.29) is 12.5 Å². The summed E-state index contributed by atoms with van der Waals surface area (Å²) in [7, 11) is 1.71. The molecule has 0 unspecified atom stereocenters. The average molecular weight is 297 g/mol. The zero-order chi connectivity index (χ0) is 15.5. The maximum absolute atomic E-state index is 12.4. The molecule has 21 heavy (non-hydrogen) atoms. The maximum Gasteiger partial charge on any atom is 0.329 e. The number of carbonyl (C=O) groups excluding carboxylic acids is 2. The van der Waals surface area contributed by atoms with Crippen LogP contribution in [0, 0.1) is 0 Å². The van der Waals surface area contributed by atoms with Crippen molar-refractivity contribution < 1.29 is 19.5 Å². The van der Waals surface area contributed by atoms with Gasteiger partial charge in [-0.05, 0) is 19.3 Å². The molecule has 7 nitrogen and oxygen atoms in total. The molecule has 2 N–H and O–H groups in total. The third-order valence-electron chi connectivity index (χ3n) is 4.42. The van der Waals surface area contributed by atoms with Crippen LogP contribution in [0.2, 0.25) is 0 Å². The second kappa shape index (κ2) is 6.32. The number of carboxylic acid groups (broad SMARTS) is 1. The smallest absolute Gasteiger partial charge is 0.329 e. The zero-order valence-electron chi connectivity index (χ0n) is 12.4. The van der Waals surface area contributed by atoms with E-state index in [1.165, 1.54) is 4.90 Å². The summed E-state index contributed by atoms with van der Waals surface area (Å²) in [4.78, 5) is 38.8. The summed E-state index contributed by atoms with van der Waals surface area (Å²) in [5.74, 6) is -1.09. The first-order chi connectivity index (χ1) is 9.94. The average Bonchev–Trinajstić information content (AvgIpc) is 2.62. The number of urea groups is 1. The van der Waals surface area contributed by atoms with E-state index in [1.807, 2.05) is 0 Å². The lowest BCUT2D eigenvalue weighted by Gasteiger charge is -2.35. The molecule has 0 aromatic carbocycles. The van der Waals surface area contributed by atoms with Crippen molar-refractivity contribution in [2.45, 2.75) is 44.1 Å². The monoisotopic (exact) mass is 297 g/mol. The first-order valence-corrected chi connectivity index (χ1v) is 7.49. The minimum absolute atomic E-state index is 0.0119. The topological polar surface area (TPSA) is 89.9 Å². The molecule has 7 heteroatoms. The number of nitrogens with zero attached hydrogens (tertiary/aromatic N) is 2. The van der Waals surface area contributed by atoms with E-state index in [1.54, 1.807) is 11.9 Å². The maximum atomic E-state index is 12.4. The highest BCUT2D eigenvalue weighted by Gasteiger charge is 2.42. The van der Waals surface area contributed by atoms with E-state index in [0.29, 0.717) is 32.4 Å². The highest BCUT2D eigenvalue weighted by molar-refractivity contribution is 5.89. The van der Waals surface area contributed by atoms with E-state index < -0.39 is 17.5 Å². The Kier molecular flexibility index (Phi) is 4.69. The molecule has 0 spiro atoms. The van der Waals surface area contributed by atoms with Gasteiger partial charge >= 0.3 is 12.0 Å². The number of likely N-dealkylation sites (N-methyl/N-ethyl adjacent to an activating group) is 1. The van der Waals surface area contributed by atoms with Crippen LogP contribution in [0.5, 0.6) is 0 Å². The standard InChI is InChI=1S/C14H23N3O4/c1-16-8-5-9-17(10-11(16)18)13(21)15-14(12(19)20)6-3-2-4-7-14/h2-10H2,1H3,(H,15,21)(H,19,20). The summed E-state index contributed by atoms with van der Waals surface area (Å²) in [5, 5.41) is 12.2. The van der Waals surface area contributed by atoms with Crippen molar-refractivity contribution in [3.05, 3.63) is 0 Å². The van der Waals surface area contributed by atoms with Gasteiger partial charge < -0.3 is 20.2 Å². The number of carboxylic acids is 1. The molecule has 2 rings (SSSR count). The van der Waals surface area contributed by atoms with Gasteiger partial charge in [0.05, 0.1) is 0 Å². The summed E-state index contributed by atoms with van der Waals surface area (Å²) in [5.41, 5.74) is -1.17. The Hall–Kier alpha value is -1.79. The van der Waals surface area contributed by atoms with Crippen LogP contribution < -0.4 is 5.32 Å². The van der Waals surface area contributed by atoms with Crippen molar-refractivity contribution in [1.29, 1.82) is 0 Å². The van der Waals surface area contributed by atoms with E-state index in [2.05, 4.69) is 5.32 Å². The number of aliphatic carboxylic acids is 1. The summed E-state index contributed by atoms with van der Waals surface area (Å²) in [6.07, 6.45) is 4.21. The van der Waals surface area contributed by atoms with Crippen molar-refractivity contribution in [2.24, 2.45) is 0 Å². The lowest BCUT2D eigenvalue weighted by atomic mass is 9.82. The van der Waals surface area contributed by atoms with Gasteiger partial charge in [0.15, 0.2) is 0 Å².